The van der Waals surface area contributed by atoms with Gasteiger partial charge in [0, 0.05) is 11.1 Å². The highest BCUT2D eigenvalue weighted by atomic mass is 35.5. The zero-order valence-electron chi connectivity index (χ0n) is 14.0. The minimum atomic E-state index is -0.769. The molecule has 0 aliphatic rings. The second-order valence-electron chi connectivity index (χ2n) is 5.27. The summed E-state index contributed by atoms with van der Waals surface area (Å²) in [6.45, 7) is -0.656. The average molecular weight is 397 g/mol. The number of carbonyl (C=O) groups is 2. The van der Waals surface area contributed by atoms with Gasteiger partial charge < -0.3 is 14.8 Å². The number of esters is 1. The third-order valence-electron chi connectivity index (χ3n) is 3.36. The number of halogens is 2. The van der Waals surface area contributed by atoms with Crippen molar-refractivity contribution in [1.29, 1.82) is 0 Å². The van der Waals surface area contributed by atoms with Crippen LogP contribution >= 0.6 is 11.6 Å². The molecule has 0 radical (unpaired) electrons. The maximum atomic E-state index is 13.6. The van der Waals surface area contributed by atoms with Crippen LogP contribution in [0.25, 0.3) is 0 Å². The highest BCUT2D eigenvalue weighted by molar-refractivity contribution is 6.31. The van der Waals surface area contributed by atoms with E-state index in [1.165, 1.54) is 31.4 Å². The second kappa shape index (κ2) is 8.95. The van der Waals surface area contributed by atoms with E-state index >= 15 is 0 Å². The van der Waals surface area contributed by atoms with E-state index in [1.807, 2.05) is 0 Å². The van der Waals surface area contributed by atoms with Gasteiger partial charge in [-0.1, -0.05) is 17.7 Å². The average Bonchev–Trinajstić information content (AvgIpc) is 2.61. The quantitative estimate of drug-likeness (QED) is 0.437. The number of rotatable bonds is 7. The Labute approximate surface area is 158 Å². The highest BCUT2D eigenvalue weighted by Gasteiger charge is 2.17. The molecule has 0 aromatic heterocycles. The normalized spacial score (nSPS) is 10.2. The van der Waals surface area contributed by atoms with Gasteiger partial charge in [0.1, 0.15) is 5.69 Å². The molecule has 27 heavy (non-hydrogen) atoms. The molecule has 0 aliphatic heterocycles. The molecule has 1 N–H and O–H groups in total. The van der Waals surface area contributed by atoms with Crippen LogP contribution in [0.15, 0.2) is 36.4 Å². The molecule has 0 fully saturated rings. The molecule has 0 unspecified atom stereocenters. The first kappa shape index (κ1) is 20.1. The van der Waals surface area contributed by atoms with Gasteiger partial charge >= 0.3 is 5.97 Å². The lowest BCUT2D eigenvalue weighted by Gasteiger charge is -2.08. The van der Waals surface area contributed by atoms with Gasteiger partial charge in [0.05, 0.1) is 18.5 Å². The summed E-state index contributed by atoms with van der Waals surface area (Å²) in [5, 5.41) is 13.4. The van der Waals surface area contributed by atoms with Crippen molar-refractivity contribution >= 4 is 34.9 Å². The monoisotopic (exact) mass is 396 g/mol. The summed E-state index contributed by atoms with van der Waals surface area (Å²) in [6, 6.07) is 7.69. The molecule has 142 valence electrons. The van der Waals surface area contributed by atoms with Crippen LogP contribution in [-0.2, 0) is 20.7 Å². The molecule has 0 saturated heterocycles. The highest BCUT2D eigenvalue weighted by Crippen LogP contribution is 2.27. The van der Waals surface area contributed by atoms with Crippen molar-refractivity contribution in [1.82, 2.24) is 0 Å². The number of carbonyl (C=O) groups excluding carboxylic acids is 2. The van der Waals surface area contributed by atoms with Crippen LogP contribution in [0.3, 0.4) is 0 Å². The largest absolute Gasteiger partial charge is 0.494 e. The van der Waals surface area contributed by atoms with Gasteiger partial charge in [0.25, 0.3) is 11.6 Å². The van der Waals surface area contributed by atoms with Gasteiger partial charge in [0.2, 0.25) is 0 Å². The summed E-state index contributed by atoms with van der Waals surface area (Å²) in [5.41, 5.74) is -0.134. The zero-order valence-corrected chi connectivity index (χ0v) is 14.8. The predicted octanol–water partition coefficient (Wildman–Crippen LogP) is 3.12. The summed E-state index contributed by atoms with van der Waals surface area (Å²) >= 11 is 5.69. The first-order chi connectivity index (χ1) is 12.8. The molecular formula is C17H14ClFN2O6. The van der Waals surface area contributed by atoms with Gasteiger partial charge in [-0.3, -0.25) is 19.7 Å². The molecule has 0 heterocycles. The van der Waals surface area contributed by atoms with E-state index in [0.29, 0.717) is 5.56 Å². The number of nitrogens with one attached hydrogen (secondary N) is 1. The molecular weight excluding hydrogens is 383 g/mol. The number of ether oxygens (including phenoxy) is 2. The third kappa shape index (κ3) is 5.65. The summed E-state index contributed by atoms with van der Waals surface area (Å²) < 4.78 is 23.2. The van der Waals surface area contributed by atoms with Crippen LogP contribution in [0.5, 0.6) is 5.75 Å². The molecule has 2 aromatic carbocycles. The minimum absolute atomic E-state index is 0.0380. The number of hydrogen-bond acceptors (Lipinski definition) is 6. The van der Waals surface area contributed by atoms with Crippen LogP contribution < -0.4 is 10.1 Å². The number of nitro groups is 1. The van der Waals surface area contributed by atoms with E-state index in [-0.39, 0.29) is 22.9 Å². The summed E-state index contributed by atoms with van der Waals surface area (Å²) in [7, 11) is 1.32. The molecule has 0 saturated carbocycles. The smallest absolute Gasteiger partial charge is 0.310 e. The van der Waals surface area contributed by atoms with E-state index < -0.39 is 34.9 Å². The molecule has 0 spiro atoms. The van der Waals surface area contributed by atoms with Crippen LogP contribution in [0.1, 0.15) is 5.56 Å². The van der Waals surface area contributed by atoms with Crippen molar-refractivity contribution in [3.63, 3.8) is 0 Å². The Kier molecular flexibility index (Phi) is 6.67. The van der Waals surface area contributed by atoms with Crippen molar-refractivity contribution in [2.24, 2.45) is 0 Å². The molecule has 1 amide bonds. The summed E-state index contributed by atoms with van der Waals surface area (Å²) in [6.07, 6.45) is -0.255. The molecule has 2 rings (SSSR count). The number of benzene rings is 2. The van der Waals surface area contributed by atoms with E-state index in [0.717, 1.165) is 12.1 Å². The first-order valence-corrected chi connectivity index (χ1v) is 7.89. The van der Waals surface area contributed by atoms with Crippen LogP contribution in [-0.4, -0.2) is 30.5 Å². The molecule has 2 aromatic rings. The fourth-order valence-corrected chi connectivity index (χ4v) is 2.30. The van der Waals surface area contributed by atoms with Crippen LogP contribution in [0.2, 0.25) is 5.02 Å². The third-order valence-corrected chi connectivity index (χ3v) is 3.59. The Morgan fingerprint density at radius 3 is 2.63 bits per heavy atom. The number of methoxy groups -OCH3 is 1. The first-order valence-electron chi connectivity index (χ1n) is 7.52. The molecule has 0 bridgehead atoms. The zero-order chi connectivity index (χ0) is 20.0. The summed E-state index contributed by atoms with van der Waals surface area (Å²) in [4.78, 5) is 33.9. The standard InChI is InChI=1S/C17H14ClFN2O6/c1-26-15-5-2-10(6-12(15)19)7-17(23)27-9-16(22)20-13-4-3-11(18)8-14(13)21(24)25/h2-6,8H,7,9H2,1H3,(H,20,22). The van der Waals surface area contributed by atoms with Crippen molar-refractivity contribution < 1.29 is 28.4 Å². The van der Waals surface area contributed by atoms with Crippen molar-refractivity contribution in [3.05, 3.63) is 62.9 Å². The van der Waals surface area contributed by atoms with Gasteiger partial charge in [-0.15, -0.1) is 0 Å². The Morgan fingerprint density at radius 1 is 1.26 bits per heavy atom. The Bertz CT molecular complexity index is 890. The van der Waals surface area contributed by atoms with Crippen molar-refractivity contribution in [2.75, 3.05) is 19.0 Å². The lowest BCUT2D eigenvalue weighted by atomic mass is 10.1. The van der Waals surface area contributed by atoms with Crippen molar-refractivity contribution in [2.45, 2.75) is 6.42 Å². The van der Waals surface area contributed by atoms with Crippen LogP contribution in [0.4, 0.5) is 15.8 Å². The topological polar surface area (TPSA) is 108 Å². The van der Waals surface area contributed by atoms with E-state index in [9.17, 15) is 24.1 Å². The number of nitrogens with zero attached hydrogens (tertiary/aromatic N) is 1. The number of amides is 1. The maximum absolute atomic E-state index is 13.6. The van der Waals surface area contributed by atoms with Crippen LogP contribution in [0, 0.1) is 15.9 Å². The Hall–Kier alpha value is -3.20. The van der Waals surface area contributed by atoms with Gasteiger partial charge in [-0.2, -0.15) is 0 Å². The number of nitro benzene ring substituents is 1. The molecule has 8 nitrogen and oxygen atoms in total. The minimum Gasteiger partial charge on any atom is -0.494 e. The van der Waals surface area contributed by atoms with Gasteiger partial charge in [-0.05, 0) is 29.8 Å². The maximum Gasteiger partial charge on any atom is 0.310 e. The SMILES string of the molecule is COc1ccc(CC(=O)OCC(=O)Nc2ccc(Cl)cc2[N+](=O)[O-])cc1F. The Balaban J connectivity index is 1.91. The lowest BCUT2D eigenvalue weighted by Crippen LogP contribution is -2.22. The lowest BCUT2D eigenvalue weighted by molar-refractivity contribution is -0.383. The van der Waals surface area contributed by atoms with Crippen molar-refractivity contribution in [3.8, 4) is 5.75 Å². The fraction of sp³-hybridized carbons (Fsp3) is 0.176. The van der Waals surface area contributed by atoms with E-state index in [1.54, 1.807) is 0 Å². The molecule has 10 heteroatoms. The molecule has 0 aliphatic carbocycles. The van der Waals surface area contributed by atoms with Gasteiger partial charge in [-0.25, -0.2) is 4.39 Å². The Morgan fingerprint density at radius 2 is 2.00 bits per heavy atom. The number of hydrogen-bond donors (Lipinski definition) is 1. The molecule has 0 atom stereocenters. The van der Waals surface area contributed by atoms with E-state index in [2.05, 4.69) is 5.32 Å². The second-order valence-corrected chi connectivity index (χ2v) is 5.71. The summed E-state index contributed by atoms with van der Waals surface area (Å²) in [5.74, 6) is -2.12. The number of anilines is 1. The fourth-order valence-electron chi connectivity index (χ4n) is 2.13. The van der Waals surface area contributed by atoms with E-state index in [4.69, 9.17) is 21.1 Å². The predicted molar refractivity (Wildman–Crippen MR) is 94.4 cm³/mol. The van der Waals surface area contributed by atoms with Gasteiger partial charge in [0.15, 0.2) is 18.2 Å².